The van der Waals surface area contributed by atoms with Crippen molar-refractivity contribution < 1.29 is 23.1 Å². The maximum Gasteiger partial charge on any atom is 0.305 e. The monoisotopic (exact) mass is 382 g/mol. The van der Waals surface area contributed by atoms with Crippen molar-refractivity contribution in [1.82, 2.24) is 9.21 Å². The lowest BCUT2D eigenvalue weighted by Gasteiger charge is -2.25. The van der Waals surface area contributed by atoms with Gasteiger partial charge in [0.15, 0.2) is 0 Å². The van der Waals surface area contributed by atoms with Crippen molar-refractivity contribution in [3.05, 3.63) is 29.8 Å². The Labute approximate surface area is 154 Å². The molecule has 2 rings (SSSR count). The van der Waals surface area contributed by atoms with E-state index in [-0.39, 0.29) is 30.2 Å². The molecule has 0 atom stereocenters. The number of carboxylic acids is 1. The Hall–Kier alpha value is -1.93. The number of hydrogen-bond donors (Lipinski definition) is 1. The zero-order valence-electron chi connectivity index (χ0n) is 15.1. The van der Waals surface area contributed by atoms with Crippen LogP contribution in [0.3, 0.4) is 0 Å². The van der Waals surface area contributed by atoms with Crippen LogP contribution in [-0.2, 0) is 26.0 Å². The lowest BCUT2D eigenvalue weighted by atomic mass is 10.1. The van der Waals surface area contributed by atoms with E-state index in [9.17, 15) is 18.0 Å². The smallest absolute Gasteiger partial charge is 0.305 e. The van der Waals surface area contributed by atoms with Gasteiger partial charge in [0.25, 0.3) is 0 Å². The summed E-state index contributed by atoms with van der Waals surface area (Å²) in [5, 5.41) is 8.65. The van der Waals surface area contributed by atoms with Crippen molar-refractivity contribution >= 4 is 21.9 Å². The molecule has 1 fully saturated rings. The van der Waals surface area contributed by atoms with Crippen LogP contribution in [0.25, 0.3) is 0 Å². The second-order valence-corrected chi connectivity index (χ2v) is 8.51. The summed E-state index contributed by atoms with van der Waals surface area (Å²) >= 11 is 0. The number of carbonyl (C=O) groups excluding carboxylic acids is 1. The van der Waals surface area contributed by atoms with E-state index < -0.39 is 16.0 Å². The predicted molar refractivity (Wildman–Crippen MR) is 97.3 cm³/mol. The van der Waals surface area contributed by atoms with Crippen molar-refractivity contribution in [2.24, 2.45) is 0 Å². The van der Waals surface area contributed by atoms with Gasteiger partial charge >= 0.3 is 5.97 Å². The number of carboxylic acid groups (broad SMARTS) is 1. The number of aliphatic carboxylic acids is 1. The number of benzene rings is 1. The van der Waals surface area contributed by atoms with E-state index in [1.807, 2.05) is 0 Å². The van der Waals surface area contributed by atoms with E-state index in [0.717, 1.165) is 24.8 Å². The van der Waals surface area contributed by atoms with Crippen molar-refractivity contribution in [3.63, 3.8) is 0 Å². The van der Waals surface area contributed by atoms with Crippen molar-refractivity contribution in [1.29, 1.82) is 0 Å². The summed E-state index contributed by atoms with van der Waals surface area (Å²) in [7, 11) is -1.85. The number of amides is 1. The van der Waals surface area contributed by atoms with Crippen LogP contribution >= 0.6 is 0 Å². The van der Waals surface area contributed by atoms with Gasteiger partial charge in [-0.3, -0.25) is 9.59 Å². The van der Waals surface area contributed by atoms with Crippen molar-refractivity contribution in [2.75, 3.05) is 26.7 Å². The fourth-order valence-corrected chi connectivity index (χ4v) is 4.43. The number of carbonyl (C=O) groups is 2. The molecule has 0 bridgehead atoms. The number of sulfonamides is 1. The van der Waals surface area contributed by atoms with Gasteiger partial charge in [0.2, 0.25) is 15.9 Å². The highest BCUT2D eigenvalue weighted by Gasteiger charge is 2.25. The fraction of sp³-hybridized carbons (Fsp3) is 0.556. The fourth-order valence-electron chi connectivity index (χ4n) is 2.91. The van der Waals surface area contributed by atoms with Gasteiger partial charge in [-0.05, 0) is 37.0 Å². The second kappa shape index (κ2) is 9.14. The quantitative estimate of drug-likeness (QED) is 0.739. The summed E-state index contributed by atoms with van der Waals surface area (Å²) in [6.07, 6.45) is 3.53. The minimum atomic E-state index is -3.44. The van der Waals surface area contributed by atoms with Crippen LogP contribution in [0.1, 0.15) is 37.7 Å². The lowest BCUT2D eigenvalue weighted by Crippen LogP contribution is -2.35. The van der Waals surface area contributed by atoms with E-state index in [1.165, 1.54) is 9.21 Å². The minimum Gasteiger partial charge on any atom is -0.481 e. The molecule has 1 saturated heterocycles. The zero-order chi connectivity index (χ0) is 19.2. The molecule has 7 nitrogen and oxygen atoms in total. The maximum absolute atomic E-state index is 12.6. The maximum atomic E-state index is 12.6. The number of aryl methyl sites for hydroxylation is 1. The first-order chi connectivity index (χ1) is 12.3. The Morgan fingerprint density at radius 3 is 2.27 bits per heavy atom. The predicted octanol–water partition coefficient (Wildman–Crippen LogP) is 1.73. The van der Waals surface area contributed by atoms with E-state index in [2.05, 4.69) is 0 Å². The summed E-state index contributed by atoms with van der Waals surface area (Å²) < 4.78 is 26.7. The molecule has 0 aliphatic carbocycles. The van der Waals surface area contributed by atoms with E-state index in [0.29, 0.717) is 19.5 Å². The topological polar surface area (TPSA) is 95.0 Å². The Bertz CT molecular complexity index is 724. The Balaban J connectivity index is 1.91. The second-order valence-electron chi connectivity index (χ2n) is 6.57. The third-order valence-electron chi connectivity index (χ3n) is 4.59. The molecule has 144 valence electrons. The minimum absolute atomic E-state index is 0.0781. The van der Waals surface area contributed by atoms with Crippen molar-refractivity contribution in [3.8, 4) is 0 Å². The van der Waals surface area contributed by atoms with Crippen LogP contribution in [0.15, 0.2) is 29.2 Å². The average molecular weight is 382 g/mol. The summed E-state index contributed by atoms with van der Waals surface area (Å²) in [6.45, 7) is 1.32. The van der Waals surface area contributed by atoms with E-state index in [1.54, 1.807) is 31.3 Å². The highest BCUT2D eigenvalue weighted by molar-refractivity contribution is 7.89. The molecule has 1 heterocycles. The first-order valence-electron chi connectivity index (χ1n) is 8.85. The highest BCUT2D eigenvalue weighted by Crippen LogP contribution is 2.21. The normalized spacial score (nSPS) is 15.6. The van der Waals surface area contributed by atoms with Gasteiger partial charge in [-0.2, -0.15) is 4.31 Å². The van der Waals surface area contributed by atoms with Crippen LogP contribution in [-0.4, -0.2) is 61.3 Å². The van der Waals surface area contributed by atoms with Crippen molar-refractivity contribution in [2.45, 2.75) is 43.4 Å². The molecule has 0 aromatic heterocycles. The summed E-state index contributed by atoms with van der Waals surface area (Å²) in [5.41, 5.74) is 0.877. The third kappa shape index (κ3) is 5.54. The van der Waals surface area contributed by atoms with Crippen LogP contribution < -0.4 is 0 Å². The van der Waals surface area contributed by atoms with Gasteiger partial charge in [-0.15, -0.1) is 0 Å². The van der Waals surface area contributed by atoms with Gasteiger partial charge in [0.1, 0.15) is 0 Å². The molecule has 1 aliphatic rings. The zero-order valence-corrected chi connectivity index (χ0v) is 15.9. The van der Waals surface area contributed by atoms with Gasteiger partial charge in [-0.1, -0.05) is 18.6 Å². The van der Waals surface area contributed by atoms with E-state index in [4.69, 9.17) is 5.11 Å². The molecule has 0 unspecified atom stereocenters. The van der Waals surface area contributed by atoms with Crippen LogP contribution in [0.2, 0.25) is 0 Å². The molecular weight excluding hydrogens is 356 g/mol. The highest BCUT2D eigenvalue weighted by atomic mass is 32.2. The lowest BCUT2D eigenvalue weighted by molar-refractivity contribution is -0.138. The summed E-state index contributed by atoms with van der Waals surface area (Å²) in [6, 6.07) is 6.67. The van der Waals surface area contributed by atoms with Crippen LogP contribution in [0, 0.1) is 0 Å². The molecule has 0 saturated carbocycles. The molecule has 1 aromatic carbocycles. The Morgan fingerprint density at radius 2 is 1.69 bits per heavy atom. The molecule has 8 heteroatoms. The molecule has 1 aromatic rings. The SMILES string of the molecule is CN(CCC(=O)O)C(=O)CCc1ccc(S(=O)(=O)N2CCCCC2)cc1. The molecule has 26 heavy (non-hydrogen) atoms. The Kier molecular flexibility index (Phi) is 7.16. The van der Waals surface area contributed by atoms with Gasteiger partial charge in [-0.25, -0.2) is 8.42 Å². The van der Waals surface area contributed by atoms with Crippen LogP contribution in [0.4, 0.5) is 0 Å². The first-order valence-corrected chi connectivity index (χ1v) is 10.3. The molecule has 0 spiro atoms. The molecule has 1 aliphatic heterocycles. The molecular formula is C18H26N2O5S. The third-order valence-corrected chi connectivity index (χ3v) is 6.50. The standard InChI is InChI=1S/C18H26N2O5S/c1-19(14-11-18(22)23)17(21)10-7-15-5-8-16(9-6-15)26(24,25)20-12-3-2-4-13-20/h5-6,8-9H,2-4,7,10-14H2,1H3,(H,22,23). The number of piperidine rings is 1. The number of nitrogens with zero attached hydrogens (tertiary/aromatic N) is 2. The molecule has 1 N–H and O–H groups in total. The average Bonchev–Trinajstić information content (AvgIpc) is 2.65. The van der Waals surface area contributed by atoms with Gasteiger partial charge < -0.3 is 10.0 Å². The first kappa shape index (κ1) is 20.4. The largest absolute Gasteiger partial charge is 0.481 e. The molecule has 1 amide bonds. The van der Waals surface area contributed by atoms with Crippen LogP contribution in [0.5, 0.6) is 0 Å². The summed E-state index contributed by atoms with van der Waals surface area (Å²) in [4.78, 5) is 24.2. The molecule has 0 radical (unpaired) electrons. The summed E-state index contributed by atoms with van der Waals surface area (Å²) in [5.74, 6) is -1.06. The number of rotatable bonds is 8. The Morgan fingerprint density at radius 1 is 1.08 bits per heavy atom. The van der Waals surface area contributed by atoms with E-state index >= 15 is 0 Å². The van der Waals surface area contributed by atoms with Gasteiger partial charge in [0, 0.05) is 33.1 Å². The van der Waals surface area contributed by atoms with Gasteiger partial charge in [0.05, 0.1) is 11.3 Å². The number of hydrogen-bond acceptors (Lipinski definition) is 4.